The first-order chi connectivity index (χ1) is 20.3. The summed E-state index contributed by atoms with van der Waals surface area (Å²) in [6.07, 6.45) is 0. The van der Waals surface area contributed by atoms with Crippen molar-refractivity contribution in [2.75, 3.05) is 0 Å². The van der Waals surface area contributed by atoms with Gasteiger partial charge in [-0.25, -0.2) is 9.97 Å². The number of hydrogen-bond donors (Lipinski definition) is 0. The lowest BCUT2D eigenvalue weighted by atomic mass is 9.99. The third-order valence-corrected chi connectivity index (χ3v) is 8.41. The summed E-state index contributed by atoms with van der Waals surface area (Å²) in [5.41, 5.74) is 6.65. The van der Waals surface area contributed by atoms with E-state index in [9.17, 15) is 0 Å². The average Bonchev–Trinajstić information content (AvgIpc) is 3.57. The number of furan rings is 1. The predicted molar refractivity (Wildman–Crippen MR) is 164 cm³/mol. The molecule has 5 heteroatoms. The third kappa shape index (κ3) is 2.70. The molecule has 0 radical (unpaired) electrons. The number of ether oxygens (including phenoxy) is 1. The smallest absolute Gasteiger partial charge is 0.235 e. The normalized spacial score (nSPS) is 12.6. The van der Waals surface area contributed by atoms with Gasteiger partial charge in [-0.05, 0) is 65.4 Å². The Morgan fingerprint density at radius 3 is 2.24 bits per heavy atom. The molecule has 1 aliphatic rings. The van der Waals surface area contributed by atoms with E-state index >= 15 is 0 Å². The van der Waals surface area contributed by atoms with Gasteiger partial charge in [-0.1, -0.05) is 60.7 Å². The van der Waals surface area contributed by atoms with Crippen molar-refractivity contribution in [2.24, 2.45) is 0 Å². The molecular formula is C36H19N3O2. The second-order valence-electron chi connectivity index (χ2n) is 10.6. The maximum atomic E-state index is 6.23. The molecule has 3 aromatic heterocycles. The van der Waals surface area contributed by atoms with Crippen LogP contribution in [-0.2, 0) is 0 Å². The Morgan fingerprint density at radius 1 is 0.488 bits per heavy atom. The highest BCUT2D eigenvalue weighted by Gasteiger charge is 2.25. The van der Waals surface area contributed by atoms with Gasteiger partial charge in [0, 0.05) is 27.1 Å². The van der Waals surface area contributed by atoms with Gasteiger partial charge in [0.2, 0.25) is 5.95 Å². The number of para-hydroxylation sites is 3. The molecule has 0 N–H and O–H groups in total. The molecule has 9 aromatic rings. The Bertz CT molecular complexity index is 2570. The molecule has 0 amide bonds. The summed E-state index contributed by atoms with van der Waals surface area (Å²) in [7, 11) is 0. The van der Waals surface area contributed by atoms with Crippen LogP contribution >= 0.6 is 0 Å². The van der Waals surface area contributed by atoms with E-state index in [2.05, 4.69) is 71.3 Å². The molecule has 1 aliphatic heterocycles. The molecule has 0 saturated carbocycles. The third-order valence-electron chi connectivity index (χ3n) is 8.41. The first-order valence-corrected chi connectivity index (χ1v) is 13.7. The van der Waals surface area contributed by atoms with Gasteiger partial charge >= 0.3 is 0 Å². The highest BCUT2D eigenvalue weighted by Crippen LogP contribution is 2.46. The SMILES string of the molecule is c1ccc2c(c1)Oc1cccc3nc(-n4c5ccccc5c5c6ccc7oc8ccccc8c7c6ccc54)nc-2c13. The van der Waals surface area contributed by atoms with E-state index in [4.69, 9.17) is 19.1 Å². The zero-order chi connectivity index (χ0) is 26.7. The lowest BCUT2D eigenvalue weighted by Gasteiger charge is -2.20. The van der Waals surface area contributed by atoms with Crippen molar-refractivity contribution in [2.45, 2.75) is 0 Å². The molecule has 0 bridgehead atoms. The molecule has 10 rings (SSSR count). The lowest BCUT2D eigenvalue weighted by molar-refractivity contribution is 0.486. The Hall–Kier alpha value is -5.68. The van der Waals surface area contributed by atoms with Gasteiger partial charge in [-0.3, -0.25) is 4.57 Å². The first-order valence-electron chi connectivity index (χ1n) is 13.7. The van der Waals surface area contributed by atoms with Gasteiger partial charge < -0.3 is 9.15 Å². The Morgan fingerprint density at radius 2 is 1.27 bits per heavy atom. The standard InChI is InChI=1S/C36H19N3O2/c1-4-12-26-22(8-1)32-20-17-19-31-33(23-9-2-5-13-28(23)40-31)21(20)16-18-27(32)39(26)36-37-25-11-7-15-30-34(25)35(38-36)24-10-3-6-14-29(24)41-30/h1-19H. The molecular weight excluding hydrogens is 506 g/mol. The van der Waals surface area contributed by atoms with Crippen molar-refractivity contribution >= 4 is 65.4 Å². The van der Waals surface area contributed by atoms with E-state index in [1.807, 2.05) is 48.5 Å². The highest BCUT2D eigenvalue weighted by molar-refractivity contribution is 6.28. The lowest BCUT2D eigenvalue weighted by Crippen LogP contribution is -2.06. The van der Waals surface area contributed by atoms with Crippen molar-refractivity contribution in [3.05, 3.63) is 115 Å². The van der Waals surface area contributed by atoms with Gasteiger partial charge in [0.1, 0.15) is 22.7 Å². The van der Waals surface area contributed by atoms with E-state index in [0.717, 1.165) is 72.0 Å². The summed E-state index contributed by atoms with van der Waals surface area (Å²) in [5.74, 6) is 2.23. The molecule has 190 valence electrons. The summed E-state index contributed by atoms with van der Waals surface area (Å²) in [5, 5.41) is 7.91. The number of benzene rings is 6. The van der Waals surface area contributed by atoms with E-state index < -0.39 is 0 Å². The maximum absolute atomic E-state index is 6.23. The largest absolute Gasteiger partial charge is 0.456 e. The van der Waals surface area contributed by atoms with E-state index in [1.165, 1.54) is 16.2 Å². The van der Waals surface area contributed by atoms with Crippen molar-refractivity contribution < 1.29 is 9.15 Å². The van der Waals surface area contributed by atoms with E-state index in [1.54, 1.807) is 0 Å². The molecule has 0 fully saturated rings. The second kappa shape index (κ2) is 7.49. The van der Waals surface area contributed by atoms with E-state index in [0.29, 0.717) is 5.95 Å². The quantitative estimate of drug-likeness (QED) is 0.214. The second-order valence-corrected chi connectivity index (χ2v) is 10.6. The fraction of sp³-hybridized carbons (Fsp3) is 0. The van der Waals surface area contributed by atoms with Crippen LogP contribution in [0.1, 0.15) is 0 Å². The predicted octanol–water partition coefficient (Wildman–Crippen LogP) is 9.55. The summed E-state index contributed by atoms with van der Waals surface area (Å²) < 4.78 is 14.6. The van der Waals surface area contributed by atoms with Crippen LogP contribution in [0.3, 0.4) is 0 Å². The van der Waals surface area contributed by atoms with Crippen LogP contribution in [-0.4, -0.2) is 14.5 Å². The summed E-state index contributed by atoms with van der Waals surface area (Å²) in [4.78, 5) is 10.3. The molecule has 41 heavy (non-hydrogen) atoms. The van der Waals surface area contributed by atoms with Crippen molar-refractivity contribution in [1.29, 1.82) is 0 Å². The van der Waals surface area contributed by atoms with E-state index in [-0.39, 0.29) is 0 Å². The van der Waals surface area contributed by atoms with Crippen LogP contribution in [0.25, 0.3) is 82.6 Å². The first kappa shape index (κ1) is 21.2. The van der Waals surface area contributed by atoms with Gasteiger partial charge in [-0.15, -0.1) is 0 Å². The molecule has 0 saturated heterocycles. The maximum Gasteiger partial charge on any atom is 0.235 e. The van der Waals surface area contributed by atoms with Gasteiger partial charge in [-0.2, -0.15) is 0 Å². The number of aromatic nitrogens is 3. The minimum atomic E-state index is 0.641. The molecule has 6 aromatic carbocycles. The topological polar surface area (TPSA) is 53.1 Å². The van der Waals surface area contributed by atoms with Crippen LogP contribution in [0.4, 0.5) is 0 Å². The van der Waals surface area contributed by atoms with Gasteiger partial charge in [0.15, 0.2) is 0 Å². The van der Waals surface area contributed by atoms with Crippen LogP contribution in [0.15, 0.2) is 120 Å². The Balaban J connectivity index is 1.35. The molecule has 0 spiro atoms. The summed E-state index contributed by atoms with van der Waals surface area (Å²) in [6.45, 7) is 0. The Kier molecular flexibility index (Phi) is 3.87. The van der Waals surface area contributed by atoms with Gasteiger partial charge in [0.25, 0.3) is 0 Å². The van der Waals surface area contributed by atoms with Crippen LogP contribution in [0.2, 0.25) is 0 Å². The fourth-order valence-corrected chi connectivity index (χ4v) is 6.70. The highest BCUT2D eigenvalue weighted by atomic mass is 16.5. The van der Waals surface area contributed by atoms with Crippen molar-refractivity contribution in [1.82, 2.24) is 14.5 Å². The molecule has 0 unspecified atom stereocenters. The minimum Gasteiger partial charge on any atom is -0.456 e. The minimum absolute atomic E-state index is 0.641. The zero-order valence-electron chi connectivity index (χ0n) is 21.6. The molecule has 5 nitrogen and oxygen atoms in total. The number of nitrogens with zero attached hydrogens (tertiary/aromatic N) is 3. The Labute approximate surface area is 232 Å². The van der Waals surface area contributed by atoms with Gasteiger partial charge in [0.05, 0.1) is 27.6 Å². The zero-order valence-corrected chi connectivity index (χ0v) is 21.6. The molecule has 0 aliphatic carbocycles. The van der Waals surface area contributed by atoms with Crippen LogP contribution in [0, 0.1) is 0 Å². The summed E-state index contributed by atoms with van der Waals surface area (Å²) in [6, 6.07) is 39.6. The average molecular weight is 526 g/mol. The summed E-state index contributed by atoms with van der Waals surface area (Å²) >= 11 is 0. The van der Waals surface area contributed by atoms with Crippen LogP contribution < -0.4 is 4.74 Å². The number of hydrogen-bond acceptors (Lipinski definition) is 4. The fourth-order valence-electron chi connectivity index (χ4n) is 6.70. The monoisotopic (exact) mass is 525 g/mol. The number of fused-ring (bicyclic) bond motifs is 11. The molecule has 4 heterocycles. The van der Waals surface area contributed by atoms with Crippen molar-refractivity contribution in [3.63, 3.8) is 0 Å². The number of rotatable bonds is 1. The van der Waals surface area contributed by atoms with Crippen LogP contribution in [0.5, 0.6) is 11.5 Å². The van der Waals surface area contributed by atoms with Crippen molar-refractivity contribution in [3.8, 4) is 28.7 Å². The molecule has 0 atom stereocenters.